The van der Waals surface area contributed by atoms with E-state index in [0.717, 1.165) is 0 Å². The minimum absolute atomic E-state index is 0.365. The van der Waals surface area contributed by atoms with E-state index in [2.05, 4.69) is 0 Å². The second-order valence-corrected chi connectivity index (χ2v) is 8.42. The van der Waals surface area contributed by atoms with E-state index in [4.69, 9.17) is 9.50 Å². The Labute approximate surface area is 151 Å². The first-order chi connectivity index (χ1) is 12.7. The van der Waals surface area contributed by atoms with Gasteiger partial charge in [0.2, 0.25) is 7.29 Å². The first-order valence-electron chi connectivity index (χ1n) is 8.40. The molecule has 4 rings (SSSR count). The van der Waals surface area contributed by atoms with Crippen LogP contribution in [0.3, 0.4) is 0 Å². The molecule has 5 heteroatoms. The fourth-order valence-corrected chi connectivity index (χ4v) is 5.27. The molecule has 0 aromatic heterocycles. The number of halogens is 1. The molecule has 130 valence electrons. The molecule has 0 radical (unpaired) electrons. The van der Waals surface area contributed by atoms with Crippen molar-refractivity contribution in [1.29, 1.82) is 0 Å². The molecule has 0 fully saturated rings. The molecule has 0 N–H and O–H groups in total. The maximum atomic E-state index is 14.1. The topological polar surface area (TPSA) is 38.7 Å². The van der Waals surface area contributed by atoms with E-state index >= 15 is 0 Å². The predicted octanol–water partition coefficient (Wildman–Crippen LogP) is 4.33. The Morgan fingerprint density at radius 1 is 0.885 bits per heavy atom. The Morgan fingerprint density at radius 3 is 2.12 bits per heavy atom. The van der Waals surface area contributed by atoms with Crippen molar-refractivity contribution in [3.05, 3.63) is 90.2 Å². The quantitative estimate of drug-likeness (QED) is 0.648. The third-order valence-electron chi connectivity index (χ3n) is 4.32. The highest BCUT2D eigenvalue weighted by atomic mass is 31.2. The van der Waals surface area contributed by atoms with Crippen LogP contribution >= 0.6 is 7.29 Å². The zero-order chi connectivity index (χ0) is 18.0. The number of hydrogen-bond acceptors (Lipinski definition) is 2. The van der Waals surface area contributed by atoms with E-state index in [9.17, 15) is 8.96 Å². The third kappa shape index (κ3) is 3.09. The molecule has 26 heavy (non-hydrogen) atoms. The molecule has 3 aromatic carbocycles. The summed E-state index contributed by atoms with van der Waals surface area (Å²) in [7, 11) is -3.25. The van der Waals surface area contributed by atoms with Gasteiger partial charge >= 0.3 is 0 Å². The Morgan fingerprint density at radius 2 is 1.50 bits per heavy atom. The molecule has 0 aliphatic carbocycles. The van der Waals surface area contributed by atoms with Gasteiger partial charge in [-0.15, -0.1) is 0 Å². The third-order valence-corrected chi connectivity index (χ3v) is 6.84. The van der Waals surface area contributed by atoms with Crippen molar-refractivity contribution in [3.63, 3.8) is 0 Å². The largest absolute Gasteiger partial charge is 0.492 e. The minimum Gasteiger partial charge on any atom is -0.492 e. The number of rotatable bonds is 3. The summed E-state index contributed by atoms with van der Waals surface area (Å²) < 4.78 is 38.1. The highest BCUT2D eigenvalue weighted by Gasteiger charge is 2.29. The first kappa shape index (κ1) is 16.7. The van der Waals surface area contributed by atoms with Crippen LogP contribution in [-0.4, -0.2) is 12.3 Å². The van der Waals surface area contributed by atoms with Crippen molar-refractivity contribution in [2.45, 2.75) is 6.42 Å². The van der Waals surface area contributed by atoms with Crippen LogP contribution < -0.4 is 15.3 Å². The minimum atomic E-state index is -3.25. The fraction of sp³-hybridized carbons (Fsp3) is 0.0952. The summed E-state index contributed by atoms with van der Waals surface area (Å²) in [6.07, 6.45) is 0.486. The predicted molar refractivity (Wildman–Crippen MR) is 103 cm³/mol. The van der Waals surface area contributed by atoms with Crippen LogP contribution in [0.1, 0.15) is 12.0 Å². The summed E-state index contributed by atoms with van der Waals surface area (Å²) >= 11 is 0. The summed E-state index contributed by atoms with van der Waals surface area (Å²) in [5.41, 5.74) is 1.19. The van der Waals surface area contributed by atoms with Crippen LogP contribution in [0.2, 0.25) is 0 Å². The van der Waals surface area contributed by atoms with Crippen molar-refractivity contribution >= 4 is 23.6 Å². The van der Waals surface area contributed by atoms with Crippen LogP contribution in [0.4, 0.5) is 4.39 Å². The molecule has 1 heterocycles. The number of nitrogens with zero attached hydrogens (tertiary/aromatic N) is 1. The van der Waals surface area contributed by atoms with E-state index in [-0.39, 0.29) is 5.82 Å². The zero-order valence-corrected chi connectivity index (χ0v) is 14.9. The molecule has 0 bridgehead atoms. The molecular weight excluding hydrogens is 348 g/mol. The molecule has 0 spiro atoms. The van der Waals surface area contributed by atoms with Crippen LogP contribution in [0.25, 0.3) is 0 Å². The van der Waals surface area contributed by atoms with Crippen molar-refractivity contribution in [2.24, 2.45) is 4.76 Å². The monoisotopic (exact) mass is 365 g/mol. The highest BCUT2D eigenvalue weighted by Crippen LogP contribution is 2.46. The van der Waals surface area contributed by atoms with Crippen molar-refractivity contribution in [1.82, 2.24) is 0 Å². The second kappa shape index (κ2) is 6.89. The molecule has 0 saturated heterocycles. The number of fused-ring (bicyclic) bond motifs is 1. The van der Waals surface area contributed by atoms with Gasteiger partial charge in [0, 0.05) is 22.6 Å². The van der Waals surface area contributed by atoms with Crippen LogP contribution in [-0.2, 0) is 4.57 Å². The summed E-state index contributed by atoms with van der Waals surface area (Å²) in [6.45, 7) is 0.432. The van der Waals surface area contributed by atoms with Gasteiger partial charge in [-0.2, -0.15) is 0 Å². The van der Waals surface area contributed by atoms with Gasteiger partial charge in [0.05, 0.1) is 12.3 Å². The van der Waals surface area contributed by atoms with Crippen LogP contribution in [0, 0.1) is 5.82 Å². The van der Waals surface area contributed by atoms with E-state index in [0.29, 0.717) is 40.7 Å². The Kier molecular flexibility index (Phi) is 4.44. The van der Waals surface area contributed by atoms with Gasteiger partial charge in [0.25, 0.3) is 0 Å². The van der Waals surface area contributed by atoms with Gasteiger partial charge in [0.1, 0.15) is 11.6 Å². The summed E-state index contributed by atoms with van der Waals surface area (Å²) in [5.74, 6) is 0.209. The number of hydrogen-bond donors (Lipinski definition) is 0. The lowest BCUT2D eigenvalue weighted by atomic mass is 10.0. The molecule has 3 aromatic rings. The van der Waals surface area contributed by atoms with Gasteiger partial charge < -0.3 is 4.74 Å². The van der Waals surface area contributed by atoms with Gasteiger partial charge in [-0.3, -0.25) is 4.57 Å². The molecule has 1 aliphatic rings. The molecular formula is C21H17FNO2P. The molecule has 0 amide bonds. The lowest BCUT2D eigenvalue weighted by molar-refractivity contribution is 0.320. The van der Waals surface area contributed by atoms with Gasteiger partial charge in [0.15, 0.2) is 0 Å². The molecule has 1 aliphatic heterocycles. The average Bonchev–Trinajstić information content (AvgIpc) is 2.70. The van der Waals surface area contributed by atoms with E-state index in [1.54, 1.807) is 6.07 Å². The highest BCUT2D eigenvalue weighted by molar-refractivity contribution is 7.77. The number of benzene rings is 3. The standard InChI is InChI=1S/C21H17FNO2P/c22-16-11-12-21-19(15-16)20(13-14-25-21)23-26(24,17-7-3-1-4-8-17)18-9-5-2-6-10-18/h1-12,15H,13-14H2/b23-20+. The van der Waals surface area contributed by atoms with Crippen molar-refractivity contribution in [2.75, 3.05) is 6.61 Å². The summed E-state index contributed by atoms with van der Waals surface area (Å²) in [5, 5.41) is 1.31. The normalized spacial score (nSPS) is 15.3. The molecule has 3 nitrogen and oxygen atoms in total. The summed E-state index contributed by atoms with van der Waals surface area (Å²) in [6, 6.07) is 22.8. The molecule has 0 saturated carbocycles. The second-order valence-electron chi connectivity index (χ2n) is 6.03. The maximum Gasteiger partial charge on any atom is 0.247 e. The Hall–Kier alpha value is -2.71. The Bertz CT molecular complexity index is 960. The average molecular weight is 365 g/mol. The van der Waals surface area contributed by atoms with Crippen molar-refractivity contribution in [3.8, 4) is 5.75 Å². The maximum absolute atomic E-state index is 14.1. The van der Waals surface area contributed by atoms with Gasteiger partial charge in [-0.1, -0.05) is 36.4 Å². The first-order valence-corrected chi connectivity index (χ1v) is 10.1. The molecule has 0 atom stereocenters. The zero-order valence-electron chi connectivity index (χ0n) is 14.0. The van der Waals surface area contributed by atoms with Gasteiger partial charge in [-0.25, -0.2) is 9.15 Å². The lowest BCUT2D eigenvalue weighted by Gasteiger charge is -2.22. The SMILES string of the molecule is O=P(/N=C1\CCOc2ccc(F)cc21)(c1ccccc1)c1ccccc1. The van der Waals surface area contributed by atoms with Gasteiger partial charge in [-0.05, 0) is 42.5 Å². The van der Waals surface area contributed by atoms with E-state index in [1.807, 2.05) is 60.7 Å². The smallest absolute Gasteiger partial charge is 0.247 e. The molecule has 0 unspecified atom stereocenters. The Balaban J connectivity index is 1.92. The van der Waals surface area contributed by atoms with Crippen LogP contribution in [0.15, 0.2) is 83.6 Å². The van der Waals surface area contributed by atoms with Crippen LogP contribution in [0.5, 0.6) is 5.75 Å². The number of ether oxygens (including phenoxy) is 1. The van der Waals surface area contributed by atoms with Crippen molar-refractivity contribution < 1.29 is 13.7 Å². The summed E-state index contributed by atoms with van der Waals surface area (Å²) in [4.78, 5) is 0. The fourth-order valence-electron chi connectivity index (χ4n) is 3.04. The lowest BCUT2D eigenvalue weighted by Crippen LogP contribution is -2.20. The van der Waals surface area contributed by atoms with E-state index < -0.39 is 7.29 Å². The van der Waals surface area contributed by atoms with E-state index in [1.165, 1.54) is 12.1 Å².